The van der Waals surface area contributed by atoms with Gasteiger partial charge in [0.25, 0.3) is 5.56 Å². The van der Waals surface area contributed by atoms with Crippen LogP contribution in [-0.4, -0.2) is 57.8 Å². The summed E-state index contributed by atoms with van der Waals surface area (Å²) in [5.74, 6) is 1.26. The Morgan fingerprint density at radius 2 is 1.89 bits per heavy atom. The Labute approximate surface area is 163 Å². The van der Waals surface area contributed by atoms with Gasteiger partial charge in [-0.2, -0.15) is 5.26 Å². The Bertz CT molecular complexity index is 982. The number of nitrogens with zero attached hydrogens (tertiary/aromatic N) is 6. The molecule has 148 valence electrons. The molecule has 0 aromatic carbocycles. The van der Waals surface area contributed by atoms with Crippen molar-refractivity contribution in [2.24, 2.45) is 14.1 Å². The third-order valence-electron chi connectivity index (χ3n) is 5.04. The molecule has 0 amide bonds. The monoisotopic (exact) mass is 383 g/mol. The average molecular weight is 383 g/mol. The Morgan fingerprint density at radius 1 is 1.18 bits per heavy atom. The summed E-state index contributed by atoms with van der Waals surface area (Å²) in [5, 5.41) is 12.6. The van der Waals surface area contributed by atoms with Gasteiger partial charge in [0.15, 0.2) is 5.56 Å². The number of hydrogen-bond acceptors (Lipinski definition) is 7. The number of pyridine rings is 1. The Hall–Kier alpha value is -3.12. The maximum atomic E-state index is 12.2. The van der Waals surface area contributed by atoms with Crippen molar-refractivity contribution >= 4 is 11.6 Å². The van der Waals surface area contributed by atoms with Crippen molar-refractivity contribution < 1.29 is 0 Å². The van der Waals surface area contributed by atoms with Gasteiger partial charge in [0.1, 0.15) is 17.7 Å². The zero-order valence-electron chi connectivity index (χ0n) is 16.4. The number of nitriles is 1. The van der Waals surface area contributed by atoms with E-state index in [1.807, 2.05) is 31.2 Å². The molecule has 0 radical (unpaired) electrons. The lowest BCUT2D eigenvalue weighted by Gasteiger charge is -2.36. The first-order valence-electron chi connectivity index (χ1n) is 9.27. The molecule has 3 rings (SSSR count). The Kier molecular flexibility index (Phi) is 5.80. The van der Waals surface area contributed by atoms with E-state index in [0.29, 0.717) is 0 Å². The van der Waals surface area contributed by atoms with Gasteiger partial charge in [-0.15, -0.1) is 0 Å². The highest BCUT2D eigenvalue weighted by Crippen LogP contribution is 2.14. The molecule has 1 unspecified atom stereocenters. The number of hydrogen-bond donors (Lipinski definition) is 1. The molecule has 9 heteroatoms. The molecule has 1 saturated heterocycles. The largest absolute Gasteiger partial charge is 0.366 e. The Morgan fingerprint density at radius 3 is 2.50 bits per heavy atom. The van der Waals surface area contributed by atoms with Crippen LogP contribution in [0.15, 0.2) is 34.0 Å². The highest BCUT2D eigenvalue weighted by Gasteiger charge is 2.21. The molecule has 1 fully saturated rings. The fourth-order valence-electron chi connectivity index (χ4n) is 3.48. The lowest BCUT2D eigenvalue weighted by Crippen LogP contribution is -2.49. The van der Waals surface area contributed by atoms with Gasteiger partial charge in [-0.3, -0.25) is 18.8 Å². The summed E-state index contributed by atoms with van der Waals surface area (Å²) in [4.78, 5) is 33.4. The molecule has 1 atom stereocenters. The molecular formula is C19H25N7O2. The summed E-state index contributed by atoms with van der Waals surface area (Å²) < 4.78 is 2.26. The van der Waals surface area contributed by atoms with Crippen molar-refractivity contribution in [3.63, 3.8) is 0 Å². The van der Waals surface area contributed by atoms with Gasteiger partial charge in [0.2, 0.25) is 0 Å². The standard InChI is InChI=1S/C19H25N7O2/c1-14(22-17-15(12-20)18(27)24(3)19(28)23(17)2)13-25-8-10-26(11-9-25)16-6-4-5-7-21-16/h4-7,14,22H,8-11,13H2,1-3H3. The predicted octanol–water partition coefficient (Wildman–Crippen LogP) is -0.0267. The SMILES string of the molecule is CC(CN1CCN(c2ccccn2)CC1)Nc1c(C#N)c(=O)n(C)c(=O)n1C. The number of anilines is 2. The van der Waals surface area contributed by atoms with E-state index in [1.165, 1.54) is 11.6 Å². The van der Waals surface area contributed by atoms with Gasteiger partial charge in [-0.1, -0.05) is 6.07 Å². The van der Waals surface area contributed by atoms with Crippen LogP contribution in [0.4, 0.5) is 11.6 Å². The molecule has 1 aliphatic rings. The molecule has 0 spiro atoms. The third kappa shape index (κ3) is 3.92. The quantitative estimate of drug-likeness (QED) is 0.774. The average Bonchev–Trinajstić information content (AvgIpc) is 2.72. The summed E-state index contributed by atoms with van der Waals surface area (Å²) in [6.07, 6.45) is 1.80. The van der Waals surface area contributed by atoms with Gasteiger partial charge < -0.3 is 10.2 Å². The minimum absolute atomic E-state index is 0.0359. The maximum absolute atomic E-state index is 12.2. The molecule has 0 aliphatic carbocycles. The second-order valence-corrected chi connectivity index (χ2v) is 7.06. The normalized spacial score (nSPS) is 15.9. The molecule has 0 bridgehead atoms. The van der Waals surface area contributed by atoms with Crippen molar-refractivity contribution in [1.29, 1.82) is 5.26 Å². The molecule has 9 nitrogen and oxygen atoms in total. The highest BCUT2D eigenvalue weighted by atomic mass is 16.2. The molecule has 28 heavy (non-hydrogen) atoms. The van der Waals surface area contributed by atoms with Crippen molar-refractivity contribution in [1.82, 2.24) is 19.0 Å². The first-order chi connectivity index (χ1) is 13.4. The van der Waals surface area contributed by atoms with Crippen molar-refractivity contribution in [2.45, 2.75) is 13.0 Å². The molecule has 2 aromatic rings. The summed E-state index contributed by atoms with van der Waals surface area (Å²) in [7, 11) is 2.93. The van der Waals surface area contributed by atoms with E-state index in [-0.39, 0.29) is 17.4 Å². The summed E-state index contributed by atoms with van der Waals surface area (Å²) in [6, 6.07) is 7.80. The third-order valence-corrected chi connectivity index (χ3v) is 5.04. The topological polar surface area (TPSA) is 99.2 Å². The van der Waals surface area contributed by atoms with E-state index >= 15 is 0 Å². The van der Waals surface area contributed by atoms with Gasteiger partial charge in [0.05, 0.1) is 0 Å². The van der Waals surface area contributed by atoms with Crippen molar-refractivity contribution in [3.05, 3.63) is 50.8 Å². The summed E-state index contributed by atoms with van der Waals surface area (Å²) in [6.45, 7) is 6.28. The van der Waals surface area contributed by atoms with Crippen LogP contribution in [0, 0.1) is 11.3 Å². The Balaban J connectivity index is 1.65. The fourth-order valence-corrected chi connectivity index (χ4v) is 3.48. The van der Waals surface area contributed by atoms with E-state index in [9.17, 15) is 14.9 Å². The van der Waals surface area contributed by atoms with E-state index in [2.05, 4.69) is 20.1 Å². The van der Waals surface area contributed by atoms with E-state index in [4.69, 9.17) is 0 Å². The lowest BCUT2D eigenvalue weighted by atomic mass is 10.2. The number of nitrogens with one attached hydrogen (secondary N) is 1. The van der Waals surface area contributed by atoms with Crippen LogP contribution in [0.2, 0.25) is 0 Å². The minimum Gasteiger partial charge on any atom is -0.366 e. The first-order valence-corrected chi connectivity index (χ1v) is 9.27. The zero-order valence-corrected chi connectivity index (χ0v) is 16.4. The van der Waals surface area contributed by atoms with E-state index in [1.54, 1.807) is 13.2 Å². The van der Waals surface area contributed by atoms with Gasteiger partial charge in [0, 0.05) is 59.1 Å². The number of piperazine rings is 1. The van der Waals surface area contributed by atoms with Gasteiger partial charge in [-0.25, -0.2) is 9.78 Å². The molecule has 0 saturated carbocycles. The second kappa shape index (κ2) is 8.27. The van der Waals surface area contributed by atoms with Crippen molar-refractivity contribution in [3.8, 4) is 6.07 Å². The molecule has 3 heterocycles. The van der Waals surface area contributed by atoms with Crippen LogP contribution in [-0.2, 0) is 14.1 Å². The van der Waals surface area contributed by atoms with Gasteiger partial charge in [-0.05, 0) is 19.1 Å². The van der Waals surface area contributed by atoms with E-state index in [0.717, 1.165) is 43.1 Å². The predicted molar refractivity (Wildman–Crippen MR) is 108 cm³/mol. The van der Waals surface area contributed by atoms with Gasteiger partial charge >= 0.3 is 5.69 Å². The highest BCUT2D eigenvalue weighted by molar-refractivity contribution is 5.51. The van der Waals surface area contributed by atoms with Crippen LogP contribution >= 0.6 is 0 Å². The van der Waals surface area contributed by atoms with Crippen LogP contribution in [0.3, 0.4) is 0 Å². The van der Waals surface area contributed by atoms with Crippen LogP contribution < -0.4 is 21.5 Å². The molecule has 1 aliphatic heterocycles. The maximum Gasteiger partial charge on any atom is 0.332 e. The fraction of sp³-hybridized carbons (Fsp3) is 0.474. The second-order valence-electron chi connectivity index (χ2n) is 7.06. The van der Waals surface area contributed by atoms with E-state index < -0.39 is 11.2 Å². The smallest absolute Gasteiger partial charge is 0.332 e. The summed E-state index contributed by atoms with van der Waals surface area (Å²) >= 11 is 0. The van der Waals surface area contributed by atoms with Crippen LogP contribution in [0.25, 0.3) is 0 Å². The molecular weight excluding hydrogens is 358 g/mol. The number of aromatic nitrogens is 3. The molecule has 1 N–H and O–H groups in total. The van der Waals surface area contributed by atoms with Crippen LogP contribution in [0.5, 0.6) is 0 Å². The van der Waals surface area contributed by atoms with Crippen LogP contribution in [0.1, 0.15) is 12.5 Å². The zero-order chi connectivity index (χ0) is 20.3. The van der Waals surface area contributed by atoms with Crippen molar-refractivity contribution in [2.75, 3.05) is 42.9 Å². The lowest BCUT2D eigenvalue weighted by molar-refractivity contribution is 0.250. The number of rotatable bonds is 5. The first kappa shape index (κ1) is 19.6. The molecule has 2 aromatic heterocycles. The minimum atomic E-state index is -0.579. The summed E-state index contributed by atoms with van der Waals surface area (Å²) in [5.41, 5.74) is -1.08.